The van der Waals surface area contributed by atoms with Crippen LogP contribution in [0.3, 0.4) is 0 Å². The van der Waals surface area contributed by atoms with E-state index in [1.165, 1.54) is 0 Å². The van der Waals surface area contributed by atoms with Gasteiger partial charge in [-0.1, -0.05) is 0 Å². The van der Waals surface area contributed by atoms with E-state index >= 15 is 0 Å². The van der Waals surface area contributed by atoms with Crippen molar-refractivity contribution in [1.82, 2.24) is 4.90 Å². The third kappa shape index (κ3) is 3.48. The molecule has 0 aromatic heterocycles. The predicted octanol–water partition coefficient (Wildman–Crippen LogP) is 0.756. The molecule has 0 bridgehead atoms. The lowest BCUT2D eigenvalue weighted by molar-refractivity contribution is -0.0174. The molecule has 21 heavy (non-hydrogen) atoms. The highest BCUT2D eigenvalue weighted by molar-refractivity contribution is 7.91. The van der Waals surface area contributed by atoms with Crippen LogP contribution in [-0.2, 0) is 27.7 Å². The Morgan fingerprint density at radius 3 is 2.95 bits per heavy atom. The van der Waals surface area contributed by atoms with Crippen molar-refractivity contribution < 1.29 is 17.9 Å². The fourth-order valence-corrected chi connectivity index (χ4v) is 4.14. The zero-order valence-corrected chi connectivity index (χ0v) is 12.7. The number of hydrogen-bond donors (Lipinski definition) is 1. The zero-order valence-electron chi connectivity index (χ0n) is 11.9. The second-order valence-corrected chi connectivity index (χ2v) is 7.86. The summed E-state index contributed by atoms with van der Waals surface area (Å²) in [6.07, 6.45) is 0.677. The highest BCUT2D eigenvalue weighted by Gasteiger charge is 2.22. The van der Waals surface area contributed by atoms with Gasteiger partial charge in [-0.15, -0.1) is 0 Å². The summed E-state index contributed by atoms with van der Waals surface area (Å²) < 4.78 is 34.2. The van der Waals surface area contributed by atoms with Crippen molar-refractivity contribution in [3.8, 4) is 5.75 Å². The van der Waals surface area contributed by atoms with E-state index in [4.69, 9.17) is 15.2 Å². The fraction of sp³-hybridized carbons (Fsp3) is 0.571. The summed E-state index contributed by atoms with van der Waals surface area (Å²) in [6.45, 7) is 2.74. The van der Waals surface area contributed by atoms with Crippen molar-refractivity contribution in [3.63, 3.8) is 0 Å². The number of nitrogen functional groups attached to an aromatic ring is 1. The summed E-state index contributed by atoms with van der Waals surface area (Å²) in [5.41, 5.74) is 8.58. The maximum Gasteiger partial charge on any atom is 0.189 e. The first-order valence-electron chi connectivity index (χ1n) is 7.08. The molecule has 0 atom stereocenters. The minimum Gasteiger partial charge on any atom is -0.467 e. The lowest BCUT2D eigenvalue weighted by Gasteiger charge is -2.25. The van der Waals surface area contributed by atoms with Crippen molar-refractivity contribution >= 4 is 15.5 Å². The van der Waals surface area contributed by atoms with Gasteiger partial charge in [0.1, 0.15) is 5.75 Å². The molecule has 2 heterocycles. The average molecular weight is 312 g/mol. The van der Waals surface area contributed by atoms with Crippen LogP contribution in [0.4, 0.5) is 5.69 Å². The first kappa shape index (κ1) is 14.6. The van der Waals surface area contributed by atoms with Gasteiger partial charge >= 0.3 is 0 Å². The number of sulfone groups is 1. The predicted molar refractivity (Wildman–Crippen MR) is 79.7 cm³/mol. The van der Waals surface area contributed by atoms with Crippen LogP contribution >= 0.6 is 0 Å². The van der Waals surface area contributed by atoms with Crippen LogP contribution in [0.25, 0.3) is 0 Å². The molecule has 6 nitrogen and oxygen atoms in total. The van der Waals surface area contributed by atoms with Crippen LogP contribution in [0, 0.1) is 0 Å². The van der Waals surface area contributed by atoms with E-state index in [-0.39, 0.29) is 18.3 Å². The van der Waals surface area contributed by atoms with E-state index in [0.29, 0.717) is 31.8 Å². The summed E-state index contributed by atoms with van der Waals surface area (Å²) >= 11 is 0. The fourth-order valence-electron chi connectivity index (χ4n) is 2.83. The van der Waals surface area contributed by atoms with Crippen LogP contribution in [0.15, 0.2) is 12.1 Å². The van der Waals surface area contributed by atoms with Crippen molar-refractivity contribution in [2.24, 2.45) is 0 Å². The molecule has 0 saturated carbocycles. The van der Waals surface area contributed by atoms with Gasteiger partial charge in [0.15, 0.2) is 16.6 Å². The van der Waals surface area contributed by atoms with Gasteiger partial charge in [0.05, 0.1) is 18.1 Å². The van der Waals surface area contributed by atoms with Crippen molar-refractivity contribution in [1.29, 1.82) is 0 Å². The van der Waals surface area contributed by atoms with E-state index in [0.717, 1.165) is 23.4 Å². The third-order valence-electron chi connectivity index (χ3n) is 3.85. The van der Waals surface area contributed by atoms with E-state index in [1.54, 1.807) is 0 Å². The molecule has 0 amide bonds. The van der Waals surface area contributed by atoms with E-state index in [1.807, 2.05) is 12.1 Å². The van der Waals surface area contributed by atoms with Gasteiger partial charge in [-0.25, -0.2) is 8.42 Å². The lowest BCUT2D eigenvalue weighted by Crippen LogP contribution is -2.27. The molecule has 0 unspecified atom stereocenters. The minimum atomic E-state index is -2.89. The number of nitrogens with zero attached hydrogens (tertiary/aromatic N) is 1. The molecule has 3 rings (SSSR count). The van der Waals surface area contributed by atoms with Crippen LogP contribution < -0.4 is 10.5 Å². The van der Waals surface area contributed by atoms with Gasteiger partial charge in [0.25, 0.3) is 0 Å². The normalized spacial score (nSPS) is 22.1. The number of fused-ring (bicyclic) bond motifs is 1. The number of benzene rings is 1. The largest absolute Gasteiger partial charge is 0.467 e. The minimum absolute atomic E-state index is 0.224. The molecule has 0 aliphatic carbocycles. The van der Waals surface area contributed by atoms with E-state index < -0.39 is 9.84 Å². The molecular weight excluding hydrogens is 292 g/mol. The van der Waals surface area contributed by atoms with Crippen LogP contribution in [0.1, 0.15) is 17.5 Å². The standard InChI is InChI=1S/C14H20N2O4S/c15-13-6-11(14-12(7-13)9-19-10-20-14)8-16-2-1-4-21(17,18)5-3-16/h6-7H,1-5,8-10,15H2. The Balaban J connectivity index is 1.80. The second kappa shape index (κ2) is 5.82. The third-order valence-corrected chi connectivity index (χ3v) is 5.57. The van der Waals surface area contributed by atoms with Crippen molar-refractivity contribution in [3.05, 3.63) is 23.3 Å². The number of anilines is 1. The van der Waals surface area contributed by atoms with Gasteiger partial charge < -0.3 is 15.2 Å². The Kier molecular flexibility index (Phi) is 4.05. The molecule has 2 aliphatic rings. The van der Waals surface area contributed by atoms with E-state index in [2.05, 4.69) is 4.90 Å². The SMILES string of the molecule is Nc1cc2c(c(CN3CCCS(=O)(=O)CC3)c1)OCOC2. The van der Waals surface area contributed by atoms with Gasteiger partial charge in [-0.3, -0.25) is 4.90 Å². The van der Waals surface area contributed by atoms with Gasteiger partial charge in [-0.2, -0.15) is 0 Å². The highest BCUT2D eigenvalue weighted by atomic mass is 32.2. The molecule has 1 aromatic carbocycles. The topological polar surface area (TPSA) is 81.9 Å². The Bertz CT molecular complexity index is 630. The Labute approximate surface area is 124 Å². The summed E-state index contributed by atoms with van der Waals surface area (Å²) in [7, 11) is -2.89. The van der Waals surface area contributed by atoms with Crippen LogP contribution in [0.5, 0.6) is 5.75 Å². The molecule has 7 heteroatoms. The molecule has 116 valence electrons. The monoisotopic (exact) mass is 312 g/mol. The lowest BCUT2D eigenvalue weighted by atomic mass is 10.1. The van der Waals surface area contributed by atoms with Gasteiger partial charge in [-0.05, 0) is 25.1 Å². The molecule has 0 spiro atoms. The smallest absolute Gasteiger partial charge is 0.189 e. The molecule has 2 N–H and O–H groups in total. The highest BCUT2D eigenvalue weighted by Crippen LogP contribution is 2.31. The summed E-state index contributed by atoms with van der Waals surface area (Å²) in [6, 6.07) is 3.77. The van der Waals surface area contributed by atoms with E-state index in [9.17, 15) is 8.42 Å². The molecule has 2 aliphatic heterocycles. The van der Waals surface area contributed by atoms with Crippen molar-refractivity contribution in [2.45, 2.75) is 19.6 Å². The maximum atomic E-state index is 11.7. The molecule has 1 fully saturated rings. The number of nitrogens with two attached hydrogens (primary N) is 1. The first-order valence-corrected chi connectivity index (χ1v) is 8.90. The summed E-state index contributed by atoms with van der Waals surface area (Å²) in [5.74, 6) is 1.34. The second-order valence-electron chi connectivity index (χ2n) is 5.56. The summed E-state index contributed by atoms with van der Waals surface area (Å²) in [4.78, 5) is 2.15. The molecule has 1 aromatic rings. The number of rotatable bonds is 2. The summed E-state index contributed by atoms with van der Waals surface area (Å²) in [5, 5.41) is 0. The average Bonchev–Trinajstić information content (AvgIpc) is 2.60. The molecule has 0 radical (unpaired) electrons. The van der Waals surface area contributed by atoms with Crippen molar-refractivity contribution in [2.75, 3.05) is 37.1 Å². The van der Waals surface area contributed by atoms with Crippen LogP contribution in [-0.4, -0.2) is 44.7 Å². The molecule has 1 saturated heterocycles. The molecular formula is C14H20N2O4S. The Morgan fingerprint density at radius 1 is 1.24 bits per heavy atom. The Morgan fingerprint density at radius 2 is 2.10 bits per heavy atom. The quantitative estimate of drug-likeness (QED) is 0.812. The first-order chi connectivity index (χ1) is 10.0. The Hall–Kier alpha value is -1.31. The number of ether oxygens (including phenoxy) is 2. The van der Waals surface area contributed by atoms with Crippen LogP contribution in [0.2, 0.25) is 0 Å². The van der Waals surface area contributed by atoms with Gasteiger partial charge in [0.2, 0.25) is 0 Å². The van der Waals surface area contributed by atoms with Gasteiger partial charge in [0, 0.05) is 29.9 Å². The zero-order chi connectivity index (χ0) is 14.9. The number of hydrogen-bond acceptors (Lipinski definition) is 6. The maximum absolute atomic E-state index is 11.7.